The smallest absolute Gasteiger partial charge is 0.191 e. The summed E-state index contributed by atoms with van der Waals surface area (Å²) in [5.41, 5.74) is 1.34. The summed E-state index contributed by atoms with van der Waals surface area (Å²) in [6.45, 7) is 7.89. The Kier molecular flexibility index (Phi) is 10.3. The lowest BCUT2D eigenvalue weighted by atomic mass is 9.74. The summed E-state index contributed by atoms with van der Waals surface area (Å²) in [4.78, 5) is 10.2. The highest BCUT2D eigenvalue weighted by Crippen LogP contribution is 2.35. The molecule has 0 aliphatic carbocycles. The van der Waals surface area contributed by atoms with Gasteiger partial charge in [0.05, 0.1) is 13.2 Å². The van der Waals surface area contributed by atoms with Gasteiger partial charge in [-0.05, 0) is 43.9 Å². The van der Waals surface area contributed by atoms with Crippen molar-refractivity contribution in [1.29, 1.82) is 0 Å². The number of nitrogens with zero attached hydrogens (tertiary/aromatic N) is 2. The van der Waals surface area contributed by atoms with E-state index in [2.05, 4.69) is 51.8 Å². The van der Waals surface area contributed by atoms with E-state index in [9.17, 15) is 0 Å². The molecule has 6 nitrogen and oxygen atoms in total. The average Bonchev–Trinajstić information content (AvgIpc) is 3.23. The first-order chi connectivity index (χ1) is 14.2. The third kappa shape index (κ3) is 6.55. The van der Waals surface area contributed by atoms with Crippen LogP contribution in [-0.4, -0.2) is 44.4 Å². The molecular formula is C22H33IN4O2S. The summed E-state index contributed by atoms with van der Waals surface area (Å²) < 4.78 is 11.3. The lowest BCUT2D eigenvalue weighted by Crippen LogP contribution is -2.47. The van der Waals surface area contributed by atoms with Crippen molar-refractivity contribution >= 4 is 41.3 Å². The van der Waals surface area contributed by atoms with Crippen molar-refractivity contribution in [3.05, 3.63) is 45.9 Å². The van der Waals surface area contributed by atoms with Gasteiger partial charge >= 0.3 is 0 Å². The molecular weight excluding hydrogens is 511 g/mol. The van der Waals surface area contributed by atoms with Gasteiger partial charge in [-0.1, -0.05) is 19.1 Å². The van der Waals surface area contributed by atoms with E-state index in [-0.39, 0.29) is 29.4 Å². The first-order valence-electron chi connectivity index (χ1n) is 10.4. The highest BCUT2D eigenvalue weighted by atomic mass is 127. The molecule has 0 unspecified atom stereocenters. The minimum Gasteiger partial charge on any atom is -0.494 e. The molecule has 166 valence electrons. The zero-order valence-corrected chi connectivity index (χ0v) is 21.2. The maximum Gasteiger partial charge on any atom is 0.191 e. The molecule has 1 aliphatic rings. The van der Waals surface area contributed by atoms with Crippen molar-refractivity contribution in [2.75, 3.05) is 33.4 Å². The van der Waals surface area contributed by atoms with Crippen LogP contribution in [0.25, 0.3) is 0 Å². The second-order valence-electron chi connectivity index (χ2n) is 7.20. The van der Waals surface area contributed by atoms with E-state index < -0.39 is 0 Å². The number of hydrogen-bond donors (Lipinski definition) is 2. The lowest BCUT2D eigenvalue weighted by molar-refractivity contribution is 0.0513. The van der Waals surface area contributed by atoms with Gasteiger partial charge in [-0.3, -0.25) is 4.99 Å². The Morgan fingerprint density at radius 2 is 1.93 bits per heavy atom. The standard InChI is InChI=1S/C22H32N4O2S.HI/c1-4-19-14-24-20(29-19)15-25-21(23-3)26-16-22(10-12-27-13-11-22)17-6-8-18(9-7-17)28-5-2;/h6-9,14H,4-5,10-13,15-16H2,1-3H3,(H2,23,25,26);1H. The van der Waals surface area contributed by atoms with E-state index in [4.69, 9.17) is 9.47 Å². The van der Waals surface area contributed by atoms with Crippen molar-refractivity contribution in [3.63, 3.8) is 0 Å². The third-order valence-corrected chi connectivity index (χ3v) is 6.54. The molecule has 0 radical (unpaired) electrons. The van der Waals surface area contributed by atoms with E-state index in [0.29, 0.717) is 13.2 Å². The van der Waals surface area contributed by atoms with Crippen LogP contribution in [0.15, 0.2) is 35.5 Å². The SMILES string of the molecule is CCOc1ccc(C2(CNC(=NC)NCc3ncc(CC)s3)CCOCC2)cc1.I. The fourth-order valence-corrected chi connectivity index (χ4v) is 4.43. The van der Waals surface area contributed by atoms with Gasteiger partial charge in [0.1, 0.15) is 10.8 Å². The van der Waals surface area contributed by atoms with Gasteiger partial charge in [0.25, 0.3) is 0 Å². The Bertz CT molecular complexity index is 789. The summed E-state index contributed by atoms with van der Waals surface area (Å²) in [6, 6.07) is 8.51. The van der Waals surface area contributed by atoms with E-state index in [0.717, 1.165) is 55.7 Å². The topological polar surface area (TPSA) is 67.8 Å². The van der Waals surface area contributed by atoms with Crippen LogP contribution in [0.5, 0.6) is 5.75 Å². The van der Waals surface area contributed by atoms with E-state index in [1.165, 1.54) is 10.4 Å². The first-order valence-corrected chi connectivity index (χ1v) is 11.2. The quantitative estimate of drug-likeness (QED) is 0.297. The van der Waals surface area contributed by atoms with Gasteiger partial charge in [-0.25, -0.2) is 4.98 Å². The molecule has 0 amide bonds. The molecule has 8 heteroatoms. The molecule has 2 aromatic rings. The summed E-state index contributed by atoms with van der Waals surface area (Å²) in [5, 5.41) is 8.01. The summed E-state index contributed by atoms with van der Waals surface area (Å²) >= 11 is 1.75. The molecule has 1 aromatic heterocycles. The zero-order chi connectivity index (χ0) is 20.5. The number of rotatable bonds is 8. The maximum atomic E-state index is 5.65. The van der Waals surface area contributed by atoms with Crippen molar-refractivity contribution in [1.82, 2.24) is 15.6 Å². The van der Waals surface area contributed by atoms with Crippen molar-refractivity contribution < 1.29 is 9.47 Å². The van der Waals surface area contributed by atoms with Gasteiger partial charge in [0.15, 0.2) is 5.96 Å². The van der Waals surface area contributed by atoms with Crippen LogP contribution in [0.4, 0.5) is 0 Å². The summed E-state index contributed by atoms with van der Waals surface area (Å²) in [7, 11) is 1.81. The number of thiazole rings is 1. The molecule has 0 saturated carbocycles. The third-order valence-electron chi connectivity index (χ3n) is 5.40. The molecule has 0 bridgehead atoms. The molecule has 3 rings (SSSR count). The second kappa shape index (κ2) is 12.5. The highest BCUT2D eigenvalue weighted by Gasteiger charge is 2.34. The van der Waals surface area contributed by atoms with Crippen molar-refractivity contribution in [3.8, 4) is 5.75 Å². The van der Waals surface area contributed by atoms with E-state index in [1.54, 1.807) is 11.3 Å². The molecule has 0 atom stereocenters. The Morgan fingerprint density at radius 3 is 2.53 bits per heavy atom. The summed E-state index contributed by atoms with van der Waals surface area (Å²) in [5.74, 6) is 1.72. The number of nitrogens with one attached hydrogen (secondary N) is 2. The van der Waals surface area contributed by atoms with Gasteiger partial charge in [-0.15, -0.1) is 35.3 Å². The van der Waals surface area contributed by atoms with Crippen LogP contribution in [0.2, 0.25) is 0 Å². The van der Waals surface area contributed by atoms with Crippen LogP contribution in [0.3, 0.4) is 0 Å². The largest absolute Gasteiger partial charge is 0.494 e. The fourth-order valence-electron chi connectivity index (χ4n) is 3.63. The molecule has 2 heterocycles. The van der Waals surface area contributed by atoms with Crippen LogP contribution >= 0.6 is 35.3 Å². The average molecular weight is 545 g/mol. The predicted octanol–water partition coefficient (Wildman–Crippen LogP) is 4.14. The fraction of sp³-hybridized carbons (Fsp3) is 0.545. The zero-order valence-electron chi connectivity index (χ0n) is 18.1. The van der Waals surface area contributed by atoms with Crippen molar-refractivity contribution in [2.45, 2.75) is 45.1 Å². The maximum absolute atomic E-state index is 5.65. The number of halogens is 1. The summed E-state index contributed by atoms with van der Waals surface area (Å²) in [6.07, 6.45) is 4.95. The van der Waals surface area contributed by atoms with Crippen LogP contribution in [-0.2, 0) is 23.1 Å². The molecule has 1 fully saturated rings. The molecule has 1 saturated heterocycles. The molecule has 1 aromatic carbocycles. The number of hydrogen-bond acceptors (Lipinski definition) is 5. The Morgan fingerprint density at radius 1 is 1.20 bits per heavy atom. The number of benzene rings is 1. The van der Waals surface area contributed by atoms with Gasteiger partial charge in [-0.2, -0.15) is 0 Å². The van der Waals surface area contributed by atoms with Crippen molar-refractivity contribution in [2.24, 2.45) is 4.99 Å². The Labute approximate surface area is 200 Å². The minimum atomic E-state index is 0. The number of aryl methyl sites for hydroxylation is 1. The Hall–Kier alpha value is -1.39. The normalized spacial score (nSPS) is 15.9. The lowest BCUT2D eigenvalue weighted by Gasteiger charge is -2.38. The second-order valence-corrected chi connectivity index (χ2v) is 8.40. The van der Waals surface area contributed by atoms with Crippen LogP contribution in [0.1, 0.15) is 42.1 Å². The van der Waals surface area contributed by atoms with E-state index in [1.807, 2.05) is 20.2 Å². The molecule has 0 spiro atoms. The number of aromatic nitrogens is 1. The predicted molar refractivity (Wildman–Crippen MR) is 134 cm³/mol. The number of guanidine groups is 1. The van der Waals surface area contributed by atoms with E-state index >= 15 is 0 Å². The van der Waals surface area contributed by atoms with Gasteiger partial charge in [0.2, 0.25) is 0 Å². The van der Waals surface area contributed by atoms with Crippen LogP contribution in [0, 0.1) is 0 Å². The number of aliphatic imine (C=N–C) groups is 1. The van der Waals surface area contributed by atoms with Crippen LogP contribution < -0.4 is 15.4 Å². The minimum absolute atomic E-state index is 0. The molecule has 30 heavy (non-hydrogen) atoms. The molecule has 2 N–H and O–H groups in total. The Balaban J connectivity index is 0.00000320. The number of ether oxygens (including phenoxy) is 2. The molecule has 1 aliphatic heterocycles. The first kappa shape index (κ1) is 24.9. The van der Waals surface area contributed by atoms with Gasteiger partial charge < -0.3 is 20.1 Å². The highest BCUT2D eigenvalue weighted by molar-refractivity contribution is 14.0. The van der Waals surface area contributed by atoms with Gasteiger partial charge in [0, 0.05) is 43.3 Å². The monoisotopic (exact) mass is 544 g/mol.